The number of piperidine rings is 1. The number of rotatable bonds is 4. The molecule has 0 bridgehead atoms. The Kier molecular flexibility index (Phi) is 4.76. The third kappa shape index (κ3) is 3.53. The van der Waals surface area contributed by atoms with E-state index in [2.05, 4.69) is 38.0 Å². The SMILES string of the molecule is Cc1nc(C2CCCN(C)C2)sc1CNC(C)C. The van der Waals surface area contributed by atoms with E-state index < -0.39 is 0 Å². The third-order valence-electron chi connectivity index (χ3n) is 3.55. The van der Waals surface area contributed by atoms with Crippen LogP contribution < -0.4 is 5.32 Å². The minimum atomic E-state index is 0.538. The van der Waals surface area contributed by atoms with Crippen LogP contribution in [-0.2, 0) is 6.54 Å². The molecule has 2 heterocycles. The summed E-state index contributed by atoms with van der Waals surface area (Å²) in [5.74, 6) is 0.653. The van der Waals surface area contributed by atoms with Crippen LogP contribution in [-0.4, -0.2) is 36.1 Å². The van der Waals surface area contributed by atoms with Crippen LogP contribution in [0.5, 0.6) is 0 Å². The van der Waals surface area contributed by atoms with E-state index >= 15 is 0 Å². The van der Waals surface area contributed by atoms with Gasteiger partial charge in [-0.25, -0.2) is 4.98 Å². The molecule has 18 heavy (non-hydrogen) atoms. The molecule has 0 aromatic carbocycles. The second-order valence-corrected chi connectivity index (χ2v) is 6.81. The number of thiazole rings is 1. The molecule has 102 valence electrons. The van der Waals surface area contributed by atoms with Crippen molar-refractivity contribution in [3.8, 4) is 0 Å². The lowest BCUT2D eigenvalue weighted by Gasteiger charge is -2.28. The summed E-state index contributed by atoms with van der Waals surface area (Å²) >= 11 is 1.91. The largest absolute Gasteiger partial charge is 0.310 e. The van der Waals surface area contributed by atoms with Gasteiger partial charge >= 0.3 is 0 Å². The van der Waals surface area contributed by atoms with Gasteiger partial charge in [-0.05, 0) is 33.4 Å². The second kappa shape index (κ2) is 6.13. The zero-order valence-corrected chi connectivity index (χ0v) is 12.8. The molecule has 0 aliphatic carbocycles. The van der Waals surface area contributed by atoms with Gasteiger partial charge in [-0.3, -0.25) is 0 Å². The molecule has 0 radical (unpaired) electrons. The topological polar surface area (TPSA) is 28.2 Å². The molecule has 1 aliphatic rings. The van der Waals surface area contributed by atoms with Gasteiger partial charge < -0.3 is 10.2 Å². The summed E-state index contributed by atoms with van der Waals surface area (Å²) in [6.07, 6.45) is 2.60. The van der Waals surface area contributed by atoms with Crippen LogP contribution in [0.25, 0.3) is 0 Å². The van der Waals surface area contributed by atoms with Crippen molar-refractivity contribution in [3.63, 3.8) is 0 Å². The summed E-state index contributed by atoms with van der Waals surface area (Å²) in [5.41, 5.74) is 1.22. The molecule has 1 unspecified atom stereocenters. The minimum Gasteiger partial charge on any atom is -0.310 e. The van der Waals surface area contributed by atoms with Crippen molar-refractivity contribution in [2.75, 3.05) is 20.1 Å². The van der Waals surface area contributed by atoms with Crippen LogP contribution in [0, 0.1) is 6.92 Å². The highest BCUT2D eigenvalue weighted by molar-refractivity contribution is 7.11. The molecule has 1 N–H and O–H groups in total. The van der Waals surface area contributed by atoms with Gasteiger partial charge in [0, 0.05) is 29.9 Å². The minimum absolute atomic E-state index is 0.538. The second-order valence-electron chi connectivity index (χ2n) is 5.70. The van der Waals surface area contributed by atoms with E-state index in [0.29, 0.717) is 12.0 Å². The Balaban J connectivity index is 2.03. The highest BCUT2D eigenvalue weighted by Gasteiger charge is 2.22. The molecule has 2 rings (SSSR count). The highest BCUT2D eigenvalue weighted by Crippen LogP contribution is 2.31. The van der Waals surface area contributed by atoms with Crippen LogP contribution in [0.2, 0.25) is 0 Å². The maximum absolute atomic E-state index is 4.80. The summed E-state index contributed by atoms with van der Waals surface area (Å²) in [6.45, 7) is 9.89. The maximum Gasteiger partial charge on any atom is 0.0975 e. The van der Waals surface area contributed by atoms with Crippen LogP contribution in [0.4, 0.5) is 0 Å². The number of likely N-dealkylation sites (tertiary alicyclic amines) is 1. The van der Waals surface area contributed by atoms with Crippen molar-refractivity contribution in [1.82, 2.24) is 15.2 Å². The van der Waals surface area contributed by atoms with Gasteiger partial charge in [0.15, 0.2) is 0 Å². The summed E-state index contributed by atoms with van der Waals surface area (Å²) in [4.78, 5) is 8.64. The van der Waals surface area contributed by atoms with Crippen LogP contribution in [0.15, 0.2) is 0 Å². The first kappa shape index (κ1) is 14.0. The number of aromatic nitrogens is 1. The Morgan fingerprint density at radius 2 is 2.28 bits per heavy atom. The number of nitrogens with zero attached hydrogens (tertiary/aromatic N) is 2. The van der Waals surface area contributed by atoms with E-state index in [-0.39, 0.29) is 0 Å². The van der Waals surface area contributed by atoms with Crippen molar-refractivity contribution in [2.24, 2.45) is 0 Å². The summed E-state index contributed by atoms with van der Waals surface area (Å²) in [6, 6.07) is 0.538. The lowest BCUT2D eigenvalue weighted by molar-refractivity contribution is 0.250. The van der Waals surface area contributed by atoms with Gasteiger partial charge in [0.1, 0.15) is 0 Å². The highest BCUT2D eigenvalue weighted by atomic mass is 32.1. The number of hydrogen-bond donors (Lipinski definition) is 1. The molecule has 1 aromatic rings. The van der Waals surface area contributed by atoms with Crippen molar-refractivity contribution in [2.45, 2.75) is 52.1 Å². The Labute approximate surface area is 115 Å². The fourth-order valence-electron chi connectivity index (χ4n) is 2.45. The first-order chi connectivity index (χ1) is 8.56. The van der Waals surface area contributed by atoms with Gasteiger partial charge in [-0.2, -0.15) is 0 Å². The summed E-state index contributed by atoms with van der Waals surface area (Å²) in [5, 5.41) is 4.83. The lowest BCUT2D eigenvalue weighted by Crippen LogP contribution is -2.30. The molecule has 1 fully saturated rings. The fraction of sp³-hybridized carbons (Fsp3) is 0.786. The first-order valence-electron chi connectivity index (χ1n) is 6.94. The van der Waals surface area contributed by atoms with E-state index in [1.54, 1.807) is 0 Å². The van der Waals surface area contributed by atoms with Crippen molar-refractivity contribution < 1.29 is 0 Å². The number of aryl methyl sites for hydroxylation is 1. The third-order valence-corrected chi connectivity index (χ3v) is 4.87. The number of likely N-dealkylation sites (N-methyl/N-ethyl adjacent to an activating group) is 1. The van der Waals surface area contributed by atoms with Crippen molar-refractivity contribution >= 4 is 11.3 Å². The Bertz CT molecular complexity index is 386. The predicted octanol–water partition coefficient (Wildman–Crippen LogP) is 2.76. The zero-order valence-electron chi connectivity index (χ0n) is 12.0. The molecule has 3 nitrogen and oxygen atoms in total. The molecule has 0 amide bonds. The average molecular weight is 267 g/mol. The van der Waals surface area contributed by atoms with E-state index in [0.717, 1.165) is 6.54 Å². The first-order valence-corrected chi connectivity index (χ1v) is 7.76. The molecule has 1 aliphatic heterocycles. The van der Waals surface area contributed by atoms with Gasteiger partial charge in [-0.15, -0.1) is 11.3 Å². The summed E-state index contributed by atoms with van der Waals surface area (Å²) in [7, 11) is 2.22. The van der Waals surface area contributed by atoms with Gasteiger partial charge in [0.05, 0.1) is 10.7 Å². The normalized spacial score (nSPS) is 21.7. The van der Waals surface area contributed by atoms with E-state index in [4.69, 9.17) is 4.98 Å². The number of hydrogen-bond acceptors (Lipinski definition) is 4. The van der Waals surface area contributed by atoms with E-state index in [1.807, 2.05) is 11.3 Å². The standard InChI is InChI=1S/C14H25N3S/c1-10(2)15-8-13-11(3)16-14(18-13)12-6-5-7-17(4)9-12/h10,12,15H,5-9H2,1-4H3. The zero-order chi connectivity index (χ0) is 13.1. The summed E-state index contributed by atoms with van der Waals surface area (Å²) < 4.78 is 0. The van der Waals surface area contributed by atoms with Gasteiger partial charge in [-0.1, -0.05) is 13.8 Å². The molecular weight excluding hydrogens is 242 g/mol. The van der Waals surface area contributed by atoms with Crippen molar-refractivity contribution in [1.29, 1.82) is 0 Å². The van der Waals surface area contributed by atoms with Crippen molar-refractivity contribution in [3.05, 3.63) is 15.6 Å². The fourth-order valence-corrected chi connectivity index (χ4v) is 3.60. The Hall–Kier alpha value is -0.450. The van der Waals surface area contributed by atoms with Crippen LogP contribution in [0.1, 0.15) is 48.2 Å². The monoisotopic (exact) mass is 267 g/mol. The molecule has 1 aromatic heterocycles. The quantitative estimate of drug-likeness (QED) is 0.909. The van der Waals surface area contributed by atoms with E-state index in [9.17, 15) is 0 Å². The molecule has 4 heteroatoms. The maximum atomic E-state index is 4.80. The number of nitrogens with one attached hydrogen (secondary N) is 1. The molecule has 1 saturated heterocycles. The van der Waals surface area contributed by atoms with E-state index in [1.165, 1.54) is 41.5 Å². The van der Waals surface area contributed by atoms with Gasteiger partial charge in [0.25, 0.3) is 0 Å². The Morgan fingerprint density at radius 1 is 1.50 bits per heavy atom. The Morgan fingerprint density at radius 3 is 2.94 bits per heavy atom. The van der Waals surface area contributed by atoms with Crippen LogP contribution in [0.3, 0.4) is 0 Å². The predicted molar refractivity (Wildman–Crippen MR) is 78.3 cm³/mol. The molecular formula is C14H25N3S. The molecule has 1 atom stereocenters. The molecule has 0 spiro atoms. The van der Waals surface area contributed by atoms with Gasteiger partial charge in [0.2, 0.25) is 0 Å². The smallest absolute Gasteiger partial charge is 0.0975 e. The average Bonchev–Trinajstić information content (AvgIpc) is 2.68. The lowest BCUT2D eigenvalue weighted by atomic mass is 9.99. The van der Waals surface area contributed by atoms with Crippen LogP contribution >= 0.6 is 11.3 Å². The molecule has 0 saturated carbocycles.